The van der Waals surface area contributed by atoms with Gasteiger partial charge >= 0.3 is 0 Å². The molecule has 0 spiro atoms. The minimum absolute atomic E-state index is 0.440. The molecule has 2 nitrogen and oxygen atoms in total. The van der Waals surface area contributed by atoms with Gasteiger partial charge in [0, 0.05) is 6.04 Å². The Morgan fingerprint density at radius 3 is 2.38 bits per heavy atom. The summed E-state index contributed by atoms with van der Waals surface area (Å²) >= 11 is 0. The van der Waals surface area contributed by atoms with Gasteiger partial charge in [0.1, 0.15) is 12.4 Å². The first-order chi connectivity index (χ1) is 7.80. The number of aryl methyl sites for hydroxylation is 1. The van der Waals surface area contributed by atoms with Crippen LogP contribution in [0.25, 0.3) is 0 Å². The molecule has 0 radical (unpaired) electrons. The third-order valence-electron chi connectivity index (χ3n) is 2.81. The molecular weight excluding hydrogens is 198 g/mol. The van der Waals surface area contributed by atoms with Gasteiger partial charge in [-0.2, -0.15) is 0 Å². The van der Waals surface area contributed by atoms with Gasteiger partial charge < -0.3 is 10.1 Å². The van der Waals surface area contributed by atoms with E-state index < -0.39 is 0 Å². The van der Waals surface area contributed by atoms with Crippen LogP contribution in [0.3, 0.4) is 0 Å². The highest BCUT2D eigenvalue weighted by Crippen LogP contribution is 2.13. The van der Waals surface area contributed by atoms with E-state index in [9.17, 15) is 0 Å². The standard InChI is InChI=1S/C14H23NO/c1-4-6-12-7-9-14(10-8-12)16-11-13(5-2)15-3/h7-10,13,15H,4-6,11H2,1-3H3. The molecule has 0 aliphatic carbocycles. The van der Waals surface area contributed by atoms with Gasteiger partial charge in [-0.3, -0.25) is 0 Å². The normalized spacial score (nSPS) is 12.4. The molecule has 0 bridgehead atoms. The lowest BCUT2D eigenvalue weighted by atomic mass is 10.1. The van der Waals surface area contributed by atoms with Gasteiger partial charge in [0.15, 0.2) is 0 Å². The summed E-state index contributed by atoms with van der Waals surface area (Å²) in [7, 11) is 1.97. The minimum Gasteiger partial charge on any atom is -0.492 e. The summed E-state index contributed by atoms with van der Waals surface area (Å²) in [6.45, 7) is 5.10. The molecule has 2 heteroatoms. The van der Waals surface area contributed by atoms with Gasteiger partial charge in [-0.1, -0.05) is 32.4 Å². The molecule has 0 aliphatic rings. The molecule has 1 aromatic rings. The average Bonchev–Trinajstić information content (AvgIpc) is 2.33. The van der Waals surface area contributed by atoms with Crippen molar-refractivity contribution in [1.82, 2.24) is 5.32 Å². The first-order valence-electron chi connectivity index (χ1n) is 6.19. The SMILES string of the molecule is CCCc1ccc(OCC(CC)NC)cc1. The molecule has 0 saturated heterocycles. The van der Waals surface area contributed by atoms with Gasteiger partial charge in [-0.15, -0.1) is 0 Å². The van der Waals surface area contributed by atoms with Crippen LogP contribution in [0, 0.1) is 0 Å². The summed E-state index contributed by atoms with van der Waals surface area (Å²) in [4.78, 5) is 0. The maximum absolute atomic E-state index is 5.72. The number of nitrogens with one attached hydrogen (secondary N) is 1. The average molecular weight is 221 g/mol. The molecule has 0 heterocycles. The van der Waals surface area contributed by atoms with Crippen molar-refractivity contribution in [3.8, 4) is 5.75 Å². The summed E-state index contributed by atoms with van der Waals surface area (Å²) in [6, 6.07) is 8.87. The Labute approximate surface area is 99.0 Å². The van der Waals surface area contributed by atoms with E-state index in [1.165, 1.54) is 12.0 Å². The Hall–Kier alpha value is -1.02. The topological polar surface area (TPSA) is 21.3 Å². The molecule has 1 unspecified atom stereocenters. The van der Waals surface area contributed by atoms with Crippen LogP contribution in [-0.4, -0.2) is 19.7 Å². The second-order valence-corrected chi connectivity index (χ2v) is 4.10. The van der Waals surface area contributed by atoms with Crippen LogP contribution in [0.4, 0.5) is 0 Å². The second kappa shape index (κ2) is 7.29. The lowest BCUT2D eigenvalue weighted by molar-refractivity contribution is 0.267. The number of hydrogen-bond acceptors (Lipinski definition) is 2. The van der Waals surface area contributed by atoms with Crippen molar-refractivity contribution in [2.24, 2.45) is 0 Å². The summed E-state index contributed by atoms with van der Waals surface area (Å²) in [5, 5.41) is 3.23. The van der Waals surface area contributed by atoms with Crippen LogP contribution in [0.15, 0.2) is 24.3 Å². The van der Waals surface area contributed by atoms with Crippen LogP contribution >= 0.6 is 0 Å². The number of hydrogen-bond donors (Lipinski definition) is 1. The molecule has 1 rings (SSSR count). The highest BCUT2D eigenvalue weighted by molar-refractivity contribution is 5.27. The molecule has 0 saturated carbocycles. The Morgan fingerprint density at radius 1 is 1.19 bits per heavy atom. The maximum Gasteiger partial charge on any atom is 0.119 e. The second-order valence-electron chi connectivity index (χ2n) is 4.10. The minimum atomic E-state index is 0.440. The van der Waals surface area contributed by atoms with Gasteiger partial charge in [0.25, 0.3) is 0 Å². The third kappa shape index (κ3) is 4.23. The monoisotopic (exact) mass is 221 g/mol. The molecule has 1 N–H and O–H groups in total. The summed E-state index contributed by atoms with van der Waals surface area (Å²) in [6.07, 6.45) is 3.43. The number of likely N-dealkylation sites (N-methyl/N-ethyl adjacent to an activating group) is 1. The number of rotatable bonds is 7. The number of ether oxygens (including phenoxy) is 1. The third-order valence-corrected chi connectivity index (χ3v) is 2.81. The van der Waals surface area contributed by atoms with Crippen LogP contribution in [0.5, 0.6) is 5.75 Å². The van der Waals surface area contributed by atoms with Crippen molar-refractivity contribution >= 4 is 0 Å². The zero-order valence-electron chi connectivity index (χ0n) is 10.6. The zero-order valence-corrected chi connectivity index (χ0v) is 10.6. The van der Waals surface area contributed by atoms with Crippen LogP contribution < -0.4 is 10.1 Å². The summed E-state index contributed by atoms with van der Waals surface area (Å²) < 4.78 is 5.72. The Kier molecular flexibility index (Phi) is 5.94. The highest BCUT2D eigenvalue weighted by atomic mass is 16.5. The van der Waals surface area contributed by atoms with Crippen molar-refractivity contribution in [2.75, 3.05) is 13.7 Å². The van der Waals surface area contributed by atoms with E-state index in [0.717, 1.165) is 25.2 Å². The molecule has 1 aromatic carbocycles. The van der Waals surface area contributed by atoms with Crippen LogP contribution in [-0.2, 0) is 6.42 Å². The highest BCUT2D eigenvalue weighted by Gasteiger charge is 2.03. The van der Waals surface area contributed by atoms with Crippen molar-refractivity contribution < 1.29 is 4.74 Å². The Morgan fingerprint density at radius 2 is 1.88 bits per heavy atom. The predicted molar refractivity (Wildman–Crippen MR) is 69.1 cm³/mol. The molecule has 0 amide bonds. The predicted octanol–water partition coefficient (Wildman–Crippen LogP) is 3.02. The lowest BCUT2D eigenvalue weighted by Gasteiger charge is -2.15. The fraction of sp³-hybridized carbons (Fsp3) is 0.571. The van der Waals surface area contributed by atoms with E-state index in [1.54, 1.807) is 0 Å². The summed E-state index contributed by atoms with van der Waals surface area (Å²) in [5.74, 6) is 0.966. The van der Waals surface area contributed by atoms with Gasteiger partial charge in [0.2, 0.25) is 0 Å². The fourth-order valence-corrected chi connectivity index (χ4v) is 1.64. The largest absolute Gasteiger partial charge is 0.492 e. The van der Waals surface area contributed by atoms with Crippen molar-refractivity contribution in [3.05, 3.63) is 29.8 Å². The van der Waals surface area contributed by atoms with Crippen molar-refractivity contribution in [1.29, 1.82) is 0 Å². The first-order valence-corrected chi connectivity index (χ1v) is 6.19. The van der Waals surface area contributed by atoms with E-state index in [2.05, 4.69) is 43.4 Å². The molecule has 0 aliphatic heterocycles. The van der Waals surface area contributed by atoms with E-state index in [0.29, 0.717) is 6.04 Å². The lowest BCUT2D eigenvalue weighted by Crippen LogP contribution is -2.30. The fourth-order valence-electron chi connectivity index (χ4n) is 1.64. The van der Waals surface area contributed by atoms with Gasteiger partial charge in [0.05, 0.1) is 0 Å². The van der Waals surface area contributed by atoms with E-state index in [1.807, 2.05) is 7.05 Å². The number of benzene rings is 1. The Bertz CT molecular complexity index is 277. The Balaban J connectivity index is 2.42. The van der Waals surface area contributed by atoms with Gasteiger partial charge in [-0.05, 0) is 37.6 Å². The molecular formula is C14H23NO. The smallest absolute Gasteiger partial charge is 0.119 e. The van der Waals surface area contributed by atoms with Crippen LogP contribution in [0.2, 0.25) is 0 Å². The van der Waals surface area contributed by atoms with Gasteiger partial charge in [-0.25, -0.2) is 0 Å². The van der Waals surface area contributed by atoms with Crippen molar-refractivity contribution in [2.45, 2.75) is 39.2 Å². The van der Waals surface area contributed by atoms with Crippen LogP contribution in [0.1, 0.15) is 32.3 Å². The first kappa shape index (κ1) is 13.0. The molecule has 90 valence electrons. The molecule has 0 fully saturated rings. The van der Waals surface area contributed by atoms with Crippen molar-refractivity contribution in [3.63, 3.8) is 0 Å². The van der Waals surface area contributed by atoms with E-state index in [4.69, 9.17) is 4.74 Å². The summed E-state index contributed by atoms with van der Waals surface area (Å²) in [5.41, 5.74) is 1.38. The quantitative estimate of drug-likeness (QED) is 0.764. The zero-order chi connectivity index (χ0) is 11.8. The maximum atomic E-state index is 5.72. The molecule has 1 atom stereocenters. The van der Waals surface area contributed by atoms with E-state index >= 15 is 0 Å². The van der Waals surface area contributed by atoms with E-state index in [-0.39, 0.29) is 0 Å². The molecule has 16 heavy (non-hydrogen) atoms. The molecule has 0 aromatic heterocycles.